The van der Waals surface area contributed by atoms with Crippen molar-refractivity contribution in [2.75, 3.05) is 13.1 Å². The first-order chi connectivity index (χ1) is 19.4. The molecule has 0 radical (unpaired) electrons. The number of hydrogen-bond donors (Lipinski definition) is 4. The van der Waals surface area contributed by atoms with Gasteiger partial charge in [-0.1, -0.05) is 29.8 Å². The fourth-order valence-corrected chi connectivity index (χ4v) is 5.80. The highest BCUT2D eigenvalue weighted by Crippen LogP contribution is 2.26. The molecule has 0 saturated carbocycles. The van der Waals surface area contributed by atoms with E-state index in [2.05, 4.69) is 4.99 Å². The molecule has 1 amide bonds. The number of rotatable bonds is 9. The molecule has 1 unspecified atom stereocenters. The van der Waals surface area contributed by atoms with Gasteiger partial charge in [-0.25, -0.2) is 18.2 Å². The summed E-state index contributed by atoms with van der Waals surface area (Å²) in [6, 6.07) is 16.5. The molecule has 4 rings (SSSR count). The maximum Gasteiger partial charge on any atom is 0.339 e. The Kier molecular flexibility index (Phi) is 8.96. The van der Waals surface area contributed by atoms with Crippen LogP contribution in [-0.2, 0) is 16.6 Å². The van der Waals surface area contributed by atoms with Crippen molar-refractivity contribution in [2.45, 2.75) is 19.0 Å². The molecule has 0 aliphatic carbocycles. The standard InChI is InChI=1S/C28H28ClN5O6S/c29-21-6-1-18(2-7-21)12-14-41(39,40)33-13-11-23(17-33)34(16-19-3-10-25(35)24(15-19)27(37)38)26(36)20-4-8-22(9-5-20)32-28(30)31/h1-10,12,14-15,23,35H,11,13,16-17H2,(H,37,38)(H4,30,31,32)/b14-12+. The minimum Gasteiger partial charge on any atom is -0.507 e. The van der Waals surface area contributed by atoms with Gasteiger partial charge < -0.3 is 26.6 Å². The number of carbonyl (C=O) groups is 2. The predicted octanol–water partition coefficient (Wildman–Crippen LogP) is 3.37. The summed E-state index contributed by atoms with van der Waals surface area (Å²) < 4.78 is 27.5. The molecule has 13 heteroatoms. The number of nitrogens with two attached hydrogens (primary N) is 2. The molecule has 214 valence electrons. The lowest BCUT2D eigenvalue weighted by atomic mass is 10.1. The zero-order chi connectivity index (χ0) is 29.7. The maximum absolute atomic E-state index is 13.7. The second-order valence-corrected chi connectivity index (χ2v) is 11.6. The van der Waals surface area contributed by atoms with Crippen LogP contribution >= 0.6 is 11.6 Å². The van der Waals surface area contributed by atoms with Crippen LogP contribution in [0.25, 0.3) is 6.08 Å². The third kappa shape index (κ3) is 7.42. The fourth-order valence-electron chi connectivity index (χ4n) is 4.43. The summed E-state index contributed by atoms with van der Waals surface area (Å²) in [4.78, 5) is 30.7. The van der Waals surface area contributed by atoms with Gasteiger partial charge in [0.15, 0.2) is 5.96 Å². The van der Waals surface area contributed by atoms with E-state index < -0.39 is 33.7 Å². The van der Waals surface area contributed by atoms with Crippen LogP contribution in [0.5, 0.6) is 5.75 Å². The summed E-state index contributed by atoms with van der Waals surface area (Å²) in [6.07, 6.45) is 1.83. The number of amides is 1. The van der Waals surface area contributed by atoms with Crippen LogP contribution < -0.4 is 11.5 Å². The first kappa shape index (κ1) is 29.6. The number of aromatic carboxylic acids is 1. The van der Waals surface area contributed by atoms with E-state index in [-0.39, 0.29) is 31.2 Å². The van der Waals surface area contributed by atoms with Gasteiger partial charge in [0.05, 0.1) is 5.69 Å². The first-order valence-corrected chi connectivity index (χ1v) is 14.3. The van der Waals surface area contributed by atoms with Gasteiger partial charge in [0.2, 0.25) is 10.0 Å². The Morgan fingerprint density at radius 1 is 1.07 bits per heavy atom. The first-order valence-electron chi connectivity index (χ1n) is 12.4. The molecular formula is C28H28ClN5O6S. The summed E-state index contributed by atoms with van der Waals surface area (Å²) >= 11 is 5.90. The predicted molar refractivity (Wildman–Crippen MR) is 156 cm³/mol. The van der Waals surface area contributed by atoms with Gasteiger partial charge in [0, 0.05) is 41.7 Å². The average Bonchev–Trinajstić information content (AvgIpc) is 3.43. The number of nitrogens with zero attached hydrogens (tertiary/aromatic N) is 3. The molecular weight excluding hydrogens is 570 g/mol. The Labute approximate surface area is 242 Å². The summed E-state index contributed by atoms with van der Waals surface area (Å²) in [5.41, 5.74) is 12.4. The topological polar surface area (TPSA) is 180 Å². The largest absolute Gasteiger partial charge is 0.507 e. The van der Waals surface area contributed by atoms with Crippen molar-refractivity contribution in [1.29, 1.82) is 0 Å². The lowest BCUT2D eigenvalue weighted by molar-refractivity contribution is 0.0671. The van der Waals surface area contributed by atoms with Crippen molar-refractivity contribution >= 4 is 51.2 Å². The molecule has 0 bridgehead atoms. The van der Waals surface area contributed by atoms with Crippen LogP contribution in [0.4, 0.5) is 5.69 Å². The number of hydrogen-bond acceptors (Lipinski definition) is 6. The van der Waals surface area contributed by atoms with Gasteiger partial charge in [-0.05, 0) is 72.2 Å². The summed E-state index contributed by atoms with van der Waals surface area (Å²) in [5, 5.41) is 21.0. The third-order valence-corrected chi connectivity index (χ3v) is 8.29. The van der Waals surface area contributed by atoms with E-state index in [1.54, 1.807) is 48.5 Å². The molecule has 3 aromatic rings. The molecule has 1 saturated heterocycles. The fraction of sp³-hybridized carbons (Fsp3) is 0.179. The summed E-state index contributed by atoms with van der Waals surface area (Å²) in [6.45, 7) is 0.199. The summed E-state index contributed by atoms with van der Waals surface area (Å²) in [7, 11) is -3.81. The highest BCUT2D eigenvalue weighted by atomic mass is 35.5. The zero-order valence-corrected chi connectivity index (χ0v) is 23.3. The van der Waals surface area contributed by atoms with E-state index in [0.717, 1.165) is 5.41 Å². The quantitative estimate of drug-likeness (QED) is 0.214. The number of benzene rings is 3. The highest BCUT2D eigenvalue weighted by molar-refractivity contribution is 7.92. The Balaban J connectivity index is 1.60. The van der Waals surface area contributed by atoms with Crippen LogP contribution in [0.1, 0.15) is 38.3 Å². The number of carbonyl (C=O) groups excluding carboxylic acids is 1. The molecule has 41 heavy (non-hydrogen) atoms. The Hall–Kier alpha value is -4.39. The van der Waals surface area contributed by atoms with Gasteiger partial charge >= 0.3 is 5.97 Å². The number of carboxylic acid groups (broad SMARTS) is 1. The number of halogens is 1. The van der Waals surface area contributed by atoms with Gasteiger partial charge in [0.25, 0.3) is 5.91 Å². The Morgan fingerprint density at radius 3 is 2.39 bits per heavy atom. The van der Waals surface area contributed by atoms with E-state index in [4.69, 9.17) is 23.1 Å². The second kappa shape index (κ2) is 12.4. The molecule has 1 atom stereocenters. The number of carboxylic acids is 1. The van der Waals surface area contributed by atoms with E-state index in [1.165, 1.54) is 33.5 Å². The molecule has 6 N–H and O–H groups in total. The maximum atomic E-state index is 13.7. The van der Waals surface area contributed by atoms with Crippen molar-refractivity contribution in [2.24, 2.45) is 16.5 Å². The minimum atomic E-state index is -3.81. The molecule has 1 aliphatic rings. The molecule has 1 fully saturated rings. The van der Waals surface area contributed by atoms with E-state index in [9.17, 15) is 28.2 Å². The number of aliphatic imine (C=N–C) groups is 1. The van der Waals surface area contributed by atoms with Gasteiger partial charge in [-0.3, -0.25) is 4.79 Å². The van der Waals surface area contributed by atoms with Crippen molar-refractivity contribution < 1.29 is 28.2 Å². The van der Waals surface area contributed by atoms with Crippen molar-refractivity contribution in [3.8, 4) is 5.75 Å². The highest BCUT2D eigenvalue weighted by Gasteiger charge is 2.36. The van der Waals surface area contributed by atoms with Gasteiger partial charge in [-0.15, -0.1) is 0 Å². The van der Waals surface area contributed by atoms with Crippen LogP contribution in [0.3, 0.4) is 0 Å². The molecule has 0 aromatic heterocycles. The summed E-state index contributed by atoms with van der Waals surface area (Å²) in [5.74, 6) is -2.25. The van der Waals surface area contributed by atoms with E-state index >= 15 is 0 Å². The Bertz CT molecular complexity index is 1600. The number of sulfonamides is 1. The molecule has 3 aromatic carbocycles. The van der Waals surface area contributed by atoms with Crippen LogP contribution in [0.2, 0.25) is 5.02 Å². The second-order valence-electron chi connectivity index (χ2n) is 9.37. The molecule has 1 heterocycles. The minimum absolute atomic E-state index is 0.0196. The smallest absolute Gasteiger partial charge is 0.339 e. The lowest BCUT2D eigenvalue weighted by Gasteiger charge is -2.29. The Morgan fingerprint density at radius 2 is 1.76 bits per heavy atom. The van der Waals surface area contributed by atoms with Crippen molar-refractivity contribution in [3.63, 3.8) is 0 Å². The van der Waals surface area contributed by atoms with E-state index in [0.29, 0.717) is 33.8 Å². The van der Waals surface area contributed by atoms with Crippen molar-refractivity contribution in [1.82, 2.24) is 9.21 Å². The molecule has 11 nitrogen and oxygen atoms in total. The van der Waals surface area contributed by atoms with E-state index in [1.807, 2.05) is 0 Å². The van der Waals surface area contributed by atoms with Crippen LogP contribution in [-0.4, -0.2) is 64.8 Å². The van der Waals surface area contributed by atoms with Crippen molar-refractivity contribution in [3.05, 3.63) is 99.4 Å². The lowest BCUT2D eigenvalue weighted by Crippen LogP contribution is -2.42. The number of phenols is 1. The van der Waals surface area contributed by atoms with Gasteiger partial charge in [0.1, 0.15) is 11.3 Å². The van der Waals surface area contributed by atoms with Crippen LogP contribution in [0, 0.1) is 0 Å². The third-order valence-electron chi connectivity index (χ3n) is 6.51. The monoisotopic (exact) mass is 597 g/mol. The molecule has 1 aliphatic heterocycles. The number of guanidine groups is 1. The number of aromatic hydroxyl groups is 1. The normalized spacial score (nSPS) is 15.6. The molecule has 0 spiro atoms. The van der Waals surface area contributed by atoms with Crippen LogP contribution in [0.15, 0.2) is 77.1 Å². The van der Waals surface area contributed by atoms with Gasteiger partial charge in [-0.2, -0.15) is 4.31 Å². The zero-order valence-electron chi connectivity index (χ0n) is 21.7. The SMILES string of the molecule is NC(N)=Nc1ccc(C(=O)N(Cc2ccc(O)c(C(=O)O)c2)C2CCN(S(=O)(=O)/C=C/c3ccc(Cl)cc3)C2)cc1. The average molecular weight is 598 g/mol.